The fourth-order valence-corrected chi connectivity index (χ4v) is 2.52. The standard InChI is InChI=1S/C14H20ClN3O2/c1-10-5-4-6-12(15)13(10)16-14(19)20-9-11-7-8-17(2)18(11)3/h4-6,11H,7-9H2,1-3H3,(H,16,19). The van der Waals surface area contributed by atoms with Gasteiger partial charge in [0.1, 0.15) is 6.61 Å². The van der Waals surface area contributed by atoms with Crippen LogP contribution < -0.4 is 5.32 Å². The molecule has 110 valence electrons. The summed E-state index contributed by atoms with van der Waals surface area (Å²) < 4.78 is 5.28. The molecule has 1 saturated heterocycles. The molecule has 1 heterocycles. The number of para-hydroxylation sites is 1. The van der Waals surface area contributed by atoms with E-state index in [0.717, 1.165) is 18.5 Å². The highest BCUT2D eigenvalue weighted by Gasteiger charge is 2.26. The summed E-state index contributed by atoms with van der Waals surface area (Å²) in [7, 11) is 4.02. The number of likely N-dealkylation sites (N-methyl/N-ethyl adjacent to an activating group) is 1. The number of ether oxygens (including phenoxy) is 1. The van der Waals surface area contributed by atoms with Gasteiger partial charge in [-0.15, -0.1) is 0 Å². The molecule has 5 nitrogen and oxygen atoms in total. The van der Waals surface area contributed by atoms with Gasteiger partial charge in [-0.1, -0.05) is 23.7 Å². The fourth-order valence-electron chi connectivity index (χ4n) is 2.25. The van der Waals surface area contributed by atoms with Gasteiger partial charge in [0, 0.05) is 20.6 Å². The van der Waals surface area contributed by atoms with Gasteiger partial charge < -0.3 is 4.74 Å². The molecule has 20 heavy (non-hydrogen) atoms. The highest BCUT2D eigenvalue weighted by molar-refractivity contribution is 6.33. The smallest absolute Gasteiger partial charge is 0.411 e. The number of carbonyl (C=O) groups is 1. The first kappa shape index (κ1) is 15.1. The van der Waals surface area contributed by atoms with Crippen LogP contribution in [-0.2, 0) is 4.74 Å². The Morgan fingerprint density at radius 3 is 2.85 bits per heavy atom. The van der Waals surface area contributed by atoms with E-state index in [1.807, 2.05) is 33.2 Å². The average Bonchev–Trinajstić information content (AvgIpc) is 2.72. The second-order valence-electron chi connectivity index (χ2n) is 5.05. The molecule has 0 bridgehead atoms. The second-order valence-corrected chi connectivity index (χ2v) is 5.46. The Labute approximate surface area is 124 Å². The van der Waals surface area contributed by atoms with Crippen LogP contribution in [-0.4, -0.2) is 49.4 Å². The van der Waals surface area contributed by atoms with Crippen molar-refractivity contribution in [2.24, 2.45) is 0 Å². The van der Waals surface area contributed by atoms with Crippen LogP contribution in [0.25, 0.3) is 0 Å². The van der Waals surface area contributed by atoms with Crippen molar-refractivity contribution in [2.75, 3.05) is 32.6 Å². The molecule has 1 unspecified atom stereocenters. The van der Waals surface area contributed by atoms with Gasteiger partial charge in [0.25, 0.3) is 0 Å². The molecule has 1 aromatic carbocycles. The zero-order valence-electron chi connectivity index (χ0n) is 12.0. The van der Waals surface area contributed by atoms with Crippen molar-refractivity contribution in [1.29, 1.82) is 0 Å². The molecule has 1 atom stereocenters. The van der Waals surface area contributed by atoms with Crippen molar-refractivity contribution in [2.45, 2.75) is 19.4 Å². The summed E-state index contributed by atoms with van der Waals surface area (Å²) in [5.74, 6) is 0. The maximum absolute atomic E-state index is 11.8. The highest BCUT2D eigenvalue weighted by atomic mass is 35.5. The third-order valence-electron chi connectivity index (χ3n) is 3.71. The molecule has 1 aliphatic rings. The first-order valence-corrected chi connectivity index (χ1v) is 6.99. The number of anilines is 1. The molecule has 1 fully saturated rings. The molecule has 2 rings (SSSR count). The van der Waals surface area contributed by atoms with Crippen LogP contribution in [0.15, 0.2) is 18.2 Å². The maximum atomic E-state index is 11.8. The predicted octanol–water partition coefficient (Wildman–Crippen LogP) is 2.75. The number of rotatable bonds is 3. The minimum absolute atomic E-state index is 0.234. The number of nitrogens with one attached hydrogen (secondary N) is 1. The van der Waals surface area contributed by atoms with Crippen LogP contribution in [0.5, 0.6) is 0 Å². The monoisotopic (exact) mass is 297 g/mol. The lowest BCUT2D eigenvalue weighted by Crippen LogP contribution is -2.38. The minimum atomic E-state index is -0.468. The molecule has 1 aromatic rings. The maximum Gasteiger partial charge on any atom is 0.411 e. The molecule has 1 aliphatic heterocycles. The van der Waals surface area contributed by atoms with Gasteiger partial charge in [-0.2, -0.15) is 0 Å². The van der Waals surface area contributed by atoms with Gasteiger partial charge >= 0.3 is 6.09 Å². The lowest BCUT2D eigenvalue weighted by atomic mass is 10.2. The number of amides is 1. The summed E-state index contributed by atoms with van der Waals surface area (Å²) in [5, 5.41) is 7.42. The fraction of sp³-hybridized carbons (Fsp3) is 0.500. The molecule has 1 amide bonds. The van der Waals surface area contributed by atoms with Crippen LogP contribution in [0.1, 0.15) is 12.0 Å². The summed E-state index contributed by atoms with van der Waals surface area (Å²) in [6, 6.07) is 5.71. The summed E-state index contributed by atoms with van der Waals surface area (Å²) in [6.45, 7) is 3.24. The summed E-state index contributed by atoms with van der Waals surface area (Å²) >= 11 is 6.06. The number of nitrogens with zero attached hydrogens (tertiary/aromatic N) is 2. The number of aryl methyl sites for hydroxylation is 1. The second kappa shape index (κ2) is 6.43. The van der Waals surface area contributed by atoms with E-state index in [2.05, 4.69) is 15.3 Å². The molecule has 6 heteroatoms. The SMILES string of the molecule is Cc1cccc(Cl)c1NC(=O)OCC1CCN(C)N1C. The molecule has 0 saturated carbocycles. The molecule has 0 spiro atoms. The third kappa shape index (κ3) is 3.42. The number of hydrogen-bond donors (Lipinski definition) is 1. The van der Waals surface area contributed by atoms with E-state index < -0.39 is 6.09 Å². The lowest BCUT2D eigenvalue weighted by molar-refractivity contribution is 0.0266. The van der Waals surface area contributed by atoms with Crippen molar-refractivity contribution < 1.29 is 9.53 Å². The third-order valence-corrected chi connectivity index (χ3v) is 4.02. The van der Waals surface area contributed by atoms with E-state index in [-0.39, 0.29) is 6.04 Å². The number of halogens is 1. The van der Waals surface area contributed by atoms with E-state index in [1.165, 1.54) is 0 Å². The quantitative estimate of drug-likeness (QED) is 0.932. The number of hydrazine groups is 1. The Hall–Kier alpha value is -1.30. The molecular formula is C14H20ClN3O2. The van der Waals surface area contributed by atoms with Crippen LogP contribution in [0.3, 0.4) is 0 Å². The molecule has 0 aromatic heterocycles. The lowest BCUT2D eigenvalue weighted by Gasteiger charge is -2.24. The van der Waals surface area contributed by atoms with Gasteiger partial charge in [-0.25, -0.2) is 14.8 Å². The average molecular weight is 298 g/mol. The summed E-state index contributed by atoms with van der Waals surface area (Å²) in [4.78, 5) is 11.8. The highest BCUT2D eigenvalue weighted by Crippen LogP contribution is 2.25. The van der Waals surface area contributed by atoms with E-state index >= 15 is 0 Å². The van der Waals surface area contributed by atoms with Gasteiger partial charge in [-0.3, -0.25) is 5.32 Å². The summed E-state index contributed by atoms with van der Waals surface area (Å²) in [6.07, 6.45) is 0.523. The normalized spacial score (nSPS) is 20.1. The first-order valence-electron chi connectivity index (χ1n) is 6.62. The topological polar surface area (TPSA) is 44.8 Å². The Morgan fingerprint density at radius 1 is 1.50 bits per heavy atom. The molecule has 0 radical (unpaired) electrons. The minimum Gasteiger partial charge on any atom is -0.448 e. The first-order chi connectivity index (χ1) is 9.49. The van der Waals surface area contributed by atoms with Crippen molar-refractivity contribution in [1.82, 2.24) is 10.0 Å². The van der Waals surface area contributed by atoms with E-state index in [0.29, 0.717) is 17.3 Å². The van der Waals surface area contributed by atoms with Crippen LogP contribution in [0.4, 0.5) is 10.5 Å². The van der Waals surface area contributed by atoms with Crippen molar-refractivity contribution in [3.63, 3.8) is 0 Å². The Kier molecular flexibility index (Phi) is 4.86. The number of hydrogen-bond acceptors (Lipinski definition) is 4. The van der Waals surface area contributed by atoms with Gasteiger partial charge in [0.2, 0.25) is 0 Å². The molecular weight excluding hydrogens is 278 g/mol. The largest absolute Gasteiger partial charge is 0.448 e. The van der Waals surface area contributed by atoms with Crippen molar-refractivity contribution in [3.8, 4) is 0 Å². The Balaban J connectivity index is 1.87. The number of carbonyl (C=O) groups excluding carboxylic acids is 1. The number of benzene rings is 1. The molecule has 1 N–H and O–H groups in total. The molecule has 0 aliphatic carbocycles. The van der Waals surface area contributed by atoms with E-state index in [4.69, 9.17) is 16.3 Å². The van der Waals surface area contributed by atoms with Crippen molar-refractivity contribution >= 4 is 23.4 Å². The van der Waals surface area contributed by atoms with Gasteiger partial charge in [-0.05, 0) is 25.0 Å². The van der Waals surface area contributed by atoms with Crippen LogP contribution in [0.2, 0.25) is 5.02 Å². The Morgan fingerprint density at radius 2 is 2.25 bits per heavy atom. The van der Waals surface area contributed by atoms with Gasteiger partial charge in [0.05, 0.1) is 16.8 Å². The van der Waals surface area contributed by atoms with Crippen LogP contribution in [0, 0.1) is 6.92 Å². The van der Waals surface area contributed by atoms with Gasteiger partial charge in [0.15, 0.2) is 0 Å². The zero-order valence-corrected chi connectivity index (χ0v) is 12.8. The zero-order chi connectivity index (χ0) is 14.7. The summed E-state index contributed by atoms with van der Waals surface area (Å²) in [5.41, 5.74) is 1.52. The van der Waals surface area contributed by atoms with Crippen molar-refractivity contribution in [3.05, 3.63) is 28.8 Å². The van der Waals surface area contributed by atoms with E-state index in [9.17, 15) is 4.79 Å². The van der Waals surface area contributed by atoms with Crippen LogP contribution >= 0.6 is 11.6 Å². The Bertz CT molecular complexity index is 475. The predicted molar refractivity (Wildman–Crippen MR) is 80.0 cm³/mol. The van der Waals surface area contributed by atoms with E-state index in [1.54, 1.807) is 6.07 Å².